The second-order valence-corrected chi connectivity index (χ2v) is 10.6. The Morgan fingerprint density at radius 3 is 2.31 bits per heavy atom. The number of amides is 1. The highest BCUT2D eigenvalue weighted by Gasteiger charge is 2.40. The Morgan fingerprint density at radius 1 is 1.03 bits per heavy atom. The Hall–Kier alpha value is -2.18. The second-order valence-electron chi connectivity index (χ2n) is 8.53. The maximum atomic E-state index is 12.7. The van der Waals surface area contributed by atoms with Crippen molar-refractivity contribution >= 4 is 15.9 Å². The molecule has 2 bridgehead atoms. The van der Waals surface area contributed by atoms with Crippen molar-refractivity contribution in [3.63, 3.8) is 0 Å². The summed E-state index contributed by atoms with van der Waals surface area (Å²) in [6.07, 6.45) is 4.91. The van der Waals surface area contributed by atoms with Crippen molar-refractivity contribution in [1.82, 2.24) is 9.62 Å². The van der Waals surface area contributed by atoms with Gasteiger partial charge < -0.3 is 5.32 Å². The number of sulfonamides is 1. The molecule has 0 unspecified atom stereocenters. The fraction of sp³-hybridized carbons (Fsp3) is 0.435. The first-order valence-electron chi connectivity index (χ1n) is 10.3. The van der Waals surface area contributed by atoms with E-state index in [1.807, 2.05) is 19.1 Å². The number of carbonyl (C=O) groups excluding carboxylic acids is 1. The highest BCUT2D eigenvalue weighted by atomic mass is 32.2. The van der Waals surface area contributed by atoms with Crippen molar-refractivity contribution in [3.05, 3.63) is 65.2 Å². The molecule has 1 N–H and O–H groups in total. The summed E-state index contributed by atoms with van der Waals surface area (Å²) in [4.78, 5) is 12.8. The lowest BCUT2D eigenvalue weighted by Crippen LogP contribution is -2.38. The molecule has 29 heavy (non-hydrogen) atoms. The third-order valence-corrected chi connectivity index (χ3v) is 8.22. The van der Waals surface area contributed by atoms with Crippen LogP contribution in [-0.4, -0.2) is 31.7 Å². The van der Waals surface area contributed by atoms with Crippen LogP contribution in [0.2, 0.25) is 0 Å². The first kappa shape index (κ1) is 20.1. The first-order chi connectivity index (χ1) is 13.8. The highest BCUT2D eigenvalue weighted by molar-refractivity contribution is 7.89. The molecule has 5 nitrogen and oxygen atoms in total. The molecule has 2 aliphatic rings. The summed E-state index contributed by atoms with van der Waals surface area (Å²) in [6, 6.07) is 14.4. The van der Waals surface area contributed by atoms with Crippen LogP contribution >= 0.6 is 0 Å². The van der Waals surface area contributed by atoms with Crippen molar-refractivity contribution in [1.29, 1.82) is 0 Å². The zero-order chi connectivity index (χ0) is 20.6. The maximum absolute atomic E-state index is 12.7. The lowest BCUT2D eigenvalue weighted by molar-refractivity contribution is 0.0923. The molecule has 0 aromatic heterocycles. The molecule has 1 amide bonds. The number of fused-ring (bicyclic) bond motifs is 2. The zero-order valence-corrected chi connectivity index (χ0v) is 17.8. The molecule has 4 rings (SSSR count). The van der Waals surface area contributed by atoms with E-state index in [1.54, 1.807) is 43.4 Å². The molecular weight excluding hydrogens is 384 g/mol. The normalized spacial score (nSPS) is 23.5. The first-order valence-corrected chi connectivity index (χ1v) is 11.7. The molecule has 0 spiro atoms. The van der Waals surface area contributed by atoms with E-state index in [1.165, 1.54) is 23.6 Å². The number of hydrogen-bond acceptors (Lipinski definition) is 3. The number of hydrogen-bond donors (Lipinski definition) is 1. The Kier molecular flexibility index (Phi) is 5.49. The van der Waals surface area contributed by atoms with Gasteiger partial charge in [-0.15, -0.1) is 0 Å². The smallest absolute Gasteiger partial charge is 0.251 e. The molecule has 2 aliphatic carbocycles. The topological polar surface area (TPSA) is 66.5 Å². The van der Waals surface area contributed by atoms with Crippen molar-refractivity contribution in [2.75, 3.05) is 7.05 Å². The Morgan fingerprint density at radius 2 is 1.72 bits per heavy atom. The lowest BCUT2D eigenvalue weighted by Gasteiger charge is -2.23. The van der Waals surface area contributed by atoms with E-state index in [-0.39, 0.29) is 17.3 Å². The van der Waals surface area contributed by atoms with Gasteiger partial charge in [0.25, 0.3) is 5.91 Å². The number of aryl methyl sites for hydroxylation is 1. The van der Waals surface area contributed by atoms with Gasteiger partial charge in [-0.3, -0.25) is 4.79 Å². The SMILES string of the molecule is Cc1ccc(S(=O)(=O)N(C)Cc2ccc(C(=O)N[C@@H]3C[C@@H]4CC[C@@H]3C4)cc2)cc1. The molecule has 2 fully saturated rings. The van der Waals surface area contributed by atoms with Gasteiger partial charge in [0.05, 0.1) is 4.90 Å². The minimum atomic E-state index is -3.55. The van der Waals surface area contributed by atoms with Crippen LogP contribution in [0.1, 0.15) is 47.2 Å². The number of rotatable bonds is 6. The van der Waals surface area contributed by atoms with Crippen LogP contribution in [0.3, 0.4) is 0 Å². The molecule has 2 aromatic rings. The van der Waals surface area contributed by atoms with Gasteiger partial charge >= 0.3 is 0 Å². The summed E-state index contributed by atoms with van der Waals surface area (Å²) in [6.45, 7) is 2.18. The van der Waals surface area contributed by atoms with Crippen LogP contribution in [0, 0.1) is 18.8 Å². The number of nitrogens with one attached hydrogen (secondary N) is 1. The third-order valence-electron chi connectivity index (χ3n) is 6.41. The largest absolute Gasteiger partial charge is 0.349 e. The zero-order valence-electron chi connectivity index (χ0n) is 17.0. The van der Waals surface area contributed by atoms with E-state index >= 15 is 0 Å². The summed E-state index contributed by atoms with van der Waals surface area (Å²) in [5.74, 6) is 1.40. The molecule has 0 heterocycles. The van der Waals surface area contributed by atoms with E-state index in [0.29, 0.717) is 17.5 Å². The summed E-state index contributed by atoms with van der Waals surface area (Å²) >= 11 is 0. The second kappa shape index (κ2) is 7.92. The van der Waals surface area contributed by atoms with Gasteiger partial charge in [-0.05, 0) is 67.9 Å². The van der Waals surface area contributed by atoms with Gasteiger partial charge in [0.2, 0.25) is 10.0 Å². The number of nitrogens with zero attached hydrogens (tertiary/aromatic N) is 1. The molecule has 0 saturated heterocycles. The molecule has 6 heteroatoms. The van der Waals surface area contributed by atoms with Gasteiger partial charge in [0.1, 0.15) is 0 Å². The Bertz CT molecular complexity index is 984. The summed E-state index contributed by atoms with van der Waals surface area (Å²) in [7, 11) is -1.97. The van der Waals surface area contributed by atoms with Crippen LogP contribution < -0.4 is 5.32 Å². The van der Waals surface area contributed by atoms with Crippen LogP contribution in [0.25, 0.3) is 0 Å². The molecule has 0 radical (unpaired) electrons. The van der Waals surface area contributed by atoms with Crippen molar-refractivity contribution < 1.29 is 13.2 Å². The molecular formula is C23H28N2O3S. The van der Waals surface area contributed by atoms with Crippen molar-refractivity contribution in [2.45, 2.75) is 50.1 Å². The van der Waals surface area contributed by atoms with Crippen LogP contribution in [0.4, 0.5) is 0 Å². The third kappa shape index (κ3) is 4.23. The Labute approximate surface area is 173 Å². The standard InChI is InChI=1S/C23H28N2O3S/c1-16-3-11-21(12-4-16)29(27,28)25(2)15-17-5-8-19(9-6-17)23(26)24-22-14-18-7-10-20(22)13-18/h3-6,8-9,11-12,18,20,22H,7,10,13-15H2,1-2H3,(H,24,26)/t18-,20-,22-/m1/s1. The maximum Gasteiger partial charge on any atom is 0.251 e. The van der Waals surface area contributed by atoms with Gasteiger partial charge in [-0.1, -0.05) is 36.2 Å². The molecule has 154 valence electrons. The fourth-order valence-corrected chi connectivity index (χ4v) is 5.83. The molecule has 0 aliphatic heterocycles. The van der Waals surface area contributed by atoms with Crippen LogP contribution in [-0.2, 0) is 16.6 Å². The van der Waals surface area contributed by atoms with E-state index < -0.39 is 10.0 Å². The molecule has 3 atom stereocenters. The van der Waals surface area contributed by atoms with E-state index in [9.17, 15) is 13.2 Å². The molecule has 2 saturated carbocycles. The van der Waals surface area contributed by atoms with E-state index in [2.05, 4.69) is 5.32 Å². The van der Waals surface area contributed by atoms with Gasteiger partial charge in [-0.25, -0.2) is 8.42 Å². The minimum Gasteiger partial charge on any atom is -0.349 e. The summed E-state index contributed by atoms with van der Waals surface area (Å²) in [5, 5.41) is 3.19. The fourth-order valence-electron chi connectivity index (χ4n) is 4.67. The van der Waals surface area contributed by atoms with Crippen molar-refractivity contribution in [3.8, 4) is 0 Å². The average molecular weight is 413 g/mol. The summed E-state index contributed by atoms with van der Waals surface area (Å²) < 4.78 is 26.8. The van der Waals surface area contributed by atoms with Gasteiger partial charge in [0, 0.05) is 25.2 Å². The van der Waals surface area contributed by atoms with Crippen LogP contribution in [0.15, 0.2) is 53.4 Å². The monoisotopic (exact) mass is 412 g/mol. The van der Waals surface area contributed by atoms with E-state index in [0.717, 1.165) is 23.5 Å². The quantitative estimate of drug-likeness (QED) is 0.786. The predicted molar refractivity (Wildman–Crippen MR) is 113 cm³/mol. The van der Waals surface area contributed by atoms with Gasteiger partial charge in [-0.2, -0.15) is 4.31 Å². The molecule has 2 aromatic carbocycles. The Balaban J connectivity index is 1.38. The average Bonchev–Trinajstić information content (AvgIpc) is 3.32. The number of benzene rings is 2. The highest BCUT2D eigenvalue weighted by Crippen LogP contribution is 2.44. The summed E-state index contributed by atoms with van der Waals surface area (Å²) in [5.41, 5.74) is 2.49. The lowest BCUT2D eigenvalue weighted by atomic mass is 9.95. The van der Waals surface area contributed by atoms with E-state index in [4.69, 9.17) is 0 Å². The van der Waals surface area contributed by atoms with Crippen molar-refractivity contribution in [2.24, 2.45) is 11.8 Å². The number of carbonyl (C=O) groups is 1. The predicted octanol–water partition coefficient (Wildman–Crippen LogP) is 3.73. The van der Waals surface area contributed by atoms with Crippen LogP contribution in [0.5, 0.6) is 0 Å². The van der Waals surface area contributed by atoms with Gasteiger partial charge in [0.15, 0.2) is 0 Å². The minimum absolute atomic E-state index is 0.0327.